The summed E-state index contributed by atoms with van der Waals surface area (Å²) in [4.78, 5) is 16.9. The zero-order chi connectivity index (χ0) is 19.4. The van der Waals surface area contributed by atoms with Crippen LogP contribution in [0.4, 0.5) is 0 Å². The molecule has 3 aromatic rings. The summed E-state index contributed by atoms with van der Waals surface area (Å²) in [5.41, 5.74) is 6.79. The Morgan fingerprint density at radius 2 is 2.03 bits per heavy atom. The molecule has 1 aromatic carbocycles. The van der Waals surface area contributed by atoms with E-state index in [9.17, 15) is 4.79 Å². The maximum atomic E-state index is 12.3. The van der Waals surface area contributed by atoms with Gasteiger partial charge in [-0.15, -0.1) is 0 Å². The zero-order valence-electron chi connectivity index (χ0n) is 15.6. The molecule has 0 unspecified atom stereocenters. The topological polar surface area (TPSA) is 78.3 Å². The summed E-state index contributed by atoms with van der Waals surface area (Å²) in [5.74, 6) is 1.51. The minimum absolute atomic E-state index is 0.0227. The van der Waals surface area contributed by atoms with Gasteiger partial charge in [-0.1, -0.05) is 12.1 Å². The van der Waals surface area contributed by atoms with E-state index in [0.29, 0.717) is 18.8 Å². The third-order valence-corrected chi connectivity index (χ3v) is 5.63. The summed E-state index contributed by atoms with van der Waals surface area (Å²) in [7, 11) is 0. The van der Waals surface area contributed by atoms with E-state index in [1.54, 1.807) is 0 Å². The molecule has 0 bridgehead atoms. The van der Waals surface area contributed by atoms with Crippen LogP contribution in [0.15, 0.2) is 30.5 Å². The average Bonchev–Trinajstić information content (AvgIpc) is 3.36. The number of benzene rings is 1. The predicted molar refractivity (Wildman–Crippen MR) is 107 cm³/mol. The van der Waals surface area contributed by atoms with Gasteiger partial charge in [0.15, 0.2) is 11.5 Å². The first kappa shape index (κ1) is 16.4. The van der Waals surface area contributed by atoms with E-state index in [2.05, 4.69) is 16.4 Å². The molecule has 1 N–H and O–H groups in total. The fourth-order valence-electron chi connectivity index (χ4n) is 4.20. The number of carbonyl (C=O) groups excluding carboxylic acids is 1. The highest BCUT2D eigenvalue weighted by Crippen LogP contribution is 2.36. The average molecular weight is 386 g/mol. The molecule has 1 aliphatic carbocycles. The van der Waals surface area contributed by atoms with Gasteiger partial charge < -0.3 is 14.8 Å². The molecule has 1 amide bonds. The van der Waals surface area contributed by atoms with Crippen molar-refractivity contribution in [3.63, 3.8) is 0 Å². The highest BCUT2D eigenvalue weighted by Gasteiger charge is 2.30. The summed E-state index contributed by atoms with van der Waals surface area (Å²) in [6, 6.07) is 7.92. The third-order valence-electron chi connectivity index (χ3n) is 5.63. The summed E-state index contributed by atoms with van der Waals surface area (Å²) >= 11 is 0. The lowest BCUT2D eigenvalue weighted by Crippen LogP contribution is -2.36. The number of fused-ring (bicyclic) bond motifs is 6. The lowest BCUT2D eigenvalue weighted by molar-refractivity contribution is 0.0923. The molecular weight excluding hydrogens is 368 g/mol. The molecule has 2 aromatic heterocycles. The predicted octanol–water partition coefficient (Wildman–Crippen LogP) is 2.69. The number of ether oxygens (including phenoxy) is 2. The van der Waals surface area contributed by atoms with Gasteiger partial charge in [-0.25, -0.2) is 0 Å². The molecule has 7 heteroatoms. The van der Waals surface area contributed by atoms with Crippen molar-refractivity contribution in [1.29, 1.82) is 0 Å². The highest BCUT2D eigenvalue weighted by molar-refractivity contribution is 5.97. The van der Waals surface area contributed by atoms with Crippen molar-refractivity contribution in [1.82, 2.24) is 20.1 Å². The van der Waals surface area contributed by atoms with Crippen molar-refractivity contribution in [2.45, 2.75) is 19.4 Å². The first-order valence-corrected chi connectivity index (χ1v) is 9.71. The van der Waals surface area contributed by atoms with Crippen molar-refractivity contribution in [2.24, 2.45) is 0 Å². The second kappa shape index (κ2) is 6.20. The molecule has 0 radical (unpaired) electrons. The van der Waals surface area contributed by atoms with E-state index in [-0.39, 0.29) is 12.7 Å². The van der Waals surface area contributed by atoms with Crippen LogP contribution in [0.5, 0.6) is 11.5 Å². The van der Waals surface area contributed by atoms with Gasteiger partial charge in [0.2, 0.25) is 6.79 Å². The van der Waals surface area contributed by atoms with E-state index in [4.69, 9.17) is 14.6 Å². The Labute approximate surface area is 167 Å². The van der Waals surface area contributed by atoms with E-state index in [0.717, 1.165) is 52.4 Å². The second-order valence-electron chi connectivity index (χ2n) is 7.37. The van der Waals surface area contributed by atoms with Gasteiger partial charge in [0.05, 0.1) is 17.9 Å². The van der Waals surface area contributed by atoms with Gasteiger partial charge in [0.25, 0.3) is 5.91 Å². The van der Waals surface area contributed by atoms with E-state index in [1.165, 1.54) is 5.56 Å². The van der Waals surface area contributed by atoms with Gasteiger partial charge in [-0.2, -0.15) is 5.10 Å². The van der Waals surface area contributed by atoms with Crippen molar-refractivity contribution in [3.8, 4) is 22.8 Å². The summed E-state index contributed by atoms with van der Waals surface area (Å²) < 4.78 is 12.6. The van der Waals surface area contributed by atoms with E-state index < -0.39 is 0 Å². The third kappa shape index (κ3) is 2.61. The maximum Gasteiger partial charge on any atom is 0.269 e. The summed E-state index contributed by atoms with van der Waals surface area (Å²) in [6.07, 6.45) is 7.60. The van der Waals surface area contributed by atoms with Crippen LogP contribution in [-0.2, 0) is 19.4 Å². The minimum atomic E-state index is -0.0227. The largest absolute Gasteiger partial charge is 0.454 e. The Hall–Kier alpha value is -3.61. The Morgan fingerprint density at radius 1 is 1.10 bits per heavy atom. The number of rotatable bonds is 2. The van der Waals surface area contributed by atoms with Crippen LogP contribution in [0.2, 0.25) is 0 Å². The Morgan fingerprint density at radius 3 is 3.00 bits per heavy atom. The number of carbonyl (C=O) groups is 1. The molecule has 0 saturated carbocycles. The van der Waals surface area contributed by atoms with Gasteiger partial charge in [0.1, 0.15) is 5.69 Å². The molecule has 0 fully saturated rings. The number of amides is 1. The molecule has 0 saturated heterocycles. The van der Waals surface area contributed by atoms with Gasteiger partial charge in [0, 0.05) is 23.9 Å². The minimum Gasteiger partial charge on any atom is -0.454 e. The van der Waals surface area contributed by atoms with Gasteiger partial charge >= 0.3 is 0 Å². The number of aryl methyl sites for hydroxylation is 1. The van der Waals surface area contributed by atoms with Crippen molar-refractivity contribution in [2.75, 3.05) is 13.3 Å². The second-order valence-corrected chi connectivity index (χ2v) is 7.37. The Balaban J connectivity index is 1.36. The van der Waals surface area contributed by atoms with Crippen LogP contribution in [0.1, 0.15) is 32.9 Å². The van der Waals surface area contributed by atoms with E-state index >= 15 is 0 Å². The monoisotopic (exact) mass is 386 g/mol. The molecular formula is C22H18N4O3. The molecule has 0 spiro atoms. The van der Waals surface area contributed by atoms with Gasteiger partial charge in [-0.3, -0.25) is 14.5 Å². The summed E-state index contributed by atoms with van der Waals surface area (Å²) in [6.45, 7) is 1.61. The highest BCUT2D eigenvalue weighted by atomic mass is 16.7. The van der Waals surface area contributed by atoms with Crippen LogP contribution in [0.3, 0.4) is 0 Å². The quantitative estimate of drug-likeness (QED) is 0.733. The first-order valence-electron chi connectivity index (χ1n) is 9.71. The Bertz CT molecular complexity index is 1200. The van der Waals surface area contributed by atoms with E-state index in [1.807, 2.05) is 41.2 Å². The standard InChI is InChI=1S/C22H18N4O3/c27-22-21-16-5-3-14-11-24-15(10-17(14)20(16)25-26(21)8-7-23-22)4-1-13-2-6-18-19(9-13)29-12-28-18/h1-2,4,6,9-11H,3,5,7-8,12H2,(H,23,27). The van der Waals surface area contributed by atoms with Crippen LogP contribution in [0.25, 0.3) is 23.4 Å². The number of hydrogen-bond acceptors (Lipinski definition) is 5. The lowest BCUT2D eigenvalue weighted by Gasteiger charge is -2.17. The SMILES string of the molecule is O=C1NCCn2nc3c(c21)CCc1cnc(C=Cc2ccc4c(c2)OCO4)cc1-3. The normalized spacial score (nSPS) is 16.3. The molecule has 2 aliphatic heterocycles. The van der Waals surface area contributed by atoms with Crippen LogP contribution in [-0.4, -0.2) is 34.0 Å². The molecule has 4 heterocycles. The smallest absolute Gasteiger partial charge is 0.269 e. The number of nitrogens with one attached hydrogen (secondary N) is 1. The molecule has 0 atom stereocenters. The lowest BCUT2D eigenvalue weighted by atomic mass is 9.89. The van der Waals surface area contributed by atoms with Crippen LogP contribution in [0, 0.1) is 0 Å². The number of pyridine rings is 1. The molecule has 29 heavy (non-hydrogen) atoms. The van der Waals surface area contributed by atoms with Crippen molar-refractivity contribution < 1.29 is 14.3 Å². The maximum absolute atomic E-state index is 12.3. The fraction of sp³-hybridized carbons (Fsp3) is 0.227. The first-order chi connectivity index (χ1) is 14.3. The molecule has 7 nitrogen and oxygen atoms in total. The van der Waals surface area contributed by atoms with Crippen molar-refractivity contribution >= 4 is 18.1 Å². The molecule has 3 aliphatic rings. The number of hydrogen-bond donors (Lipinski definition) is 1. The van der Waals surface area contributed by atoms with Crippen LogP contribution < -0.4 is 14.8 Å². The molecule has 144 valence electrons. The Kier molecular flexibility index (Phi) is 3.50. The number of aromatic nitrogens is 3. The van der Waals surface area contributed by atoms with Crippen LogP contribution >= 0.6 is 0 Å². The van der Waals surface area contributed by atoms with Gasteiger partial charge in [-0.05, 0) is 48.2 Å². The molecule has 6 rings (SSSR count). The number of nitrogens with zero attached hydrogens (tertiary/aromatic N) is 3. The van der Waals surface area contributed by atoms with Crippen molar-refractivity contribution in [3.05, 3.63) is 58.5 Å². The summed E-state index contributed by atoms with van der Waals surface area (Å²) in [5, 5.41) is 7.68. The fourth-order valence-corrected chi connectivity index (χ4v) is 4.20. The zero-order valence-corrected chi connectivity index (χ0v) is 15.6.